The highest BCUT2D eigenvalue weighted by atomic mass is 16.7. The van der Waals surface area contributed by atoms with Crippen molar-refractivity contribution < 1.29 is 14.6 Å². The zero-order valence-electron chi connectivity index (χ0n) is 12.0. The third-order valence-electron chi connectivity index (χ3n) is 2.24. The van der Waals surface area contributed by atoms with Crippen LogP contribution in [0.15, 0.2) is 24.3 Å². The Morgan fingerprint density at radius 1 is 1.06 bits per heavy atom. The summed E-state index contributed by atoms with van der Waals surface area (Å²) in [5.74, 6) is 0.997. The average Bonchev–Trinajstić information content (AvgIpc) is 2.47. The highest BCUT2D eigenvalue weighted by Crippen LogP contribution is 2.21. The molecule has 1 aromatic carbocycles. The van der Waals surface area contributed by atoms with Gasteiger partial charge >= 0.3 is 0 Å². The summed E-state index contributed by atoms with van der Waals surface area (Å²) in [6.07, 6.45) is 3.10. The molecule has 1 aliphatic rings. The Morgan fingerprint density at radius 2 is 1.67 bits per heavy atom. The third kappa shape index (κ3) is 6.50. The summed E-state index contributed by atoms with van der Waals surface area (Å²) >= 11 is 0. The van der Waals surface area contributed by atoms with E-state index in [1.165, 1.54) is 0 Å². The van der Waals surface area contributed by atoms with E-state index in [0.717, 1.165) is 31.6 Å². The van der Waals surface area contributed by atoms with E-state index < -0.39 is 0 Å². The smallest absolute Gasteiger partial charge is 0.199 e. The van der Waals surface area contributed by atoms with Crippen LogP contribution in [0, 0.1) is 0 Å². The molecule has 0 saturated carbocycles. The van der Waals surface area contributed by atoms with Crippen molar-refractivity contribution in [2.45, 2.75) is 53.2 Å². The summed E-state index contributed by atoms with van der Waals surface area (Å²) < 4.78 is 11.0. The topological polar surface area (TPSA) is 38.7 Å². The van der Waals surface area contributed by atoms with Gasteiger partial charge in [-0.05, 0) is 37.1 Å². The van der Waals surface area contributed by atoms with E-state index in [-0.39, 0.29) is 12.0 Å². The first-order valence-corrected chi connectivity index (χ1v) is 6.92. The maximum atomic E-state index is 9.08. The molecule has 104 valence electrons. The van der Waals surface area contributed by atoms with Crippen molar-refractivity contribution in [3.63, 3.8) is 0 Å². The van der Waals surface area contributed by atoms with Crippen molar-refractivity contribution >= 4 is 0 Å². The van der Waals surface area contributed by atoms with Crippen molar-refractivity contribution in [1.29, 1.82) is 0 Å². The highest BCUT2D eigenvalue weighted by Gasteiger charge is 2.14. The number of phenolic OH excluding ortho intramolecular Hbond substituents is 1. The van der Waals surface area contributed by atoms with Gasteiger partial charge in [0.15, 0.2) is 6.29 Å². The average molecular weight is 254 g/mol. The summed E-state index contributed by atoms with van der Waals surface area (Å²) in [5.41, 5.74) is 0. The quantitative estimate of drug-likeness (QED) is 0.852. The van der Waals surface area contributed by atoms with E-state index in [2.05, 4.69) is 0 Å². The second kappa shape index (κ2) is 10.9. The fourth-order valence-electron chi connectivity index (χ4n) is 1.48. The Labute approximate surface area is 111 Å². The van der Waals surface area contributed by atoms with Gasteiger partial charge in [-0.2, -0.15) is 0 Å². The van der Waals surface area contributed by atoms with Crippen LogP contribution >= 0.6 is 0 Å². The normalized spacial score (nSPS) is 17.7. The summed E-state index contributed by atoms with van der Waals surface area (Å²) in [4.78, 5) is 0. The SMILES string of the molecule is CC.CC.Oc1ccc(O[C@@H]2CCCCO2)cc1. The lowest BCUT2D eigenvalue weighted by Crippen LogP contribution is -2.24. The summed E-state index contributed by atoms with van der Waals surface area (Å²) in [6, 6.07) is 6.71. The van der Waals surface area contributed by atoms with Gasteiger partial charge in [0.05, 0.1) is 6.61 Å². The van der Waals surface area contributed by atoms with Crippen molar-refractivity contribution in [3.05, 3.63) is 24.3 Å². The summed E-state index contributed by atoms with van der Waals surface area (Å²) in [5, 5.41) is 9.08. The van der Waals surface area contributed by atoms with Crippen LogP contribution in [0.5, 0.6) is 11.5 Å². The molecular formula is C15H26O3. The number of benzene rings is 1. The molecule has 0 unspecified atom stereocenters. The lowest BCUT2D eigenvalue weighted by Gasteiger charge is -2.23. The maximum absolute atomic E-state index is 9.08. The van der Waals surface area contributed by atoms with Gasteiger partial charge in [0, 0.05) is 6.42 Å². The van der Waals surface area contributed by atoms with Crippen molar-refractivity contribution in [2.24, 2.45) is 0 Å². The molecule has 3 nitrogen and oxygen atoms in total. The van der Waals surface area contributed by atoms with Crippen molar-refractivity contribution in [1.82, 2.24) is 0 Å². The largest absolute Gasteiger partial charge is 0.508 e. The van der Waals surface area contributed by atoms with E-state index in [1.807, 2.05) is 27.7 Å². The van der Waals surface area contributed by atoms with E-state index in [1.54, 1.807) is 24.3 Å². The fourth-order valence-corrected chi connectivity index (χ4v) is 1.48. The van der Waals surface area contributed by atoms with E-state index >= 15 is 0 Å². The first kappa shape index (κ1) is 16.8. The molecule has 0 spiro atoms. The summed E-state index contributed by atoms with van der Waals surface area (Å²) in [6.45, 7) is 8.78. The molecule has 0 amide bonds. The first-order valence-electron chi connectivity index (χ1n) is 6.92. The zero-order chi connectivity index (χ0) is 13.8. The standard InChI is InChI=1S/C11H14O3.2C2H6/c12-9-4-6-10(7-5-9)14-11-3-1-2-8-13-11;2*1-2/h4-7,11-12H,1-3,8H2;2*1-2H3/t11-;;/m1../s1. The van der Waals surface area contributed by atoms with Crippen LogP contribution < -0.4 is 4.74 Å². The maximum Gasteiger partial charge on any atom is 0.199 e. The molecule has 2 rings (SSSR count). The molecule has 1 fully saturated rings. The predicted octanol–water partition coefficient (Wildman–Crippen LogP) is 4.35. The minimum Gasteiger partial charge on any atom is -0.508 e. The van der Waals surface area contributed by atoms with Gasteiger partial charge in [-0.15, -0.1) is 0 Å². The number of phenols is 1. The van der Waals surface area contributed by atoms with Crippen LogP contribution in [0.1, 0.15) is 47.0 Å². The molecule has 18 heavy (non-hydrogen) atoms. The van der Waals surface area contributed by atoms with E-state index in [0.29, 0.717) is 0 Å². The van der Waals surface area contributed by atoms with Crippen LogP contribution in [-0.2, 0) is 4.74 Å². The minimum absolute atomic E-state index is 0.117. The van der Waals surface area contributed by atoms with Crippen LogP contribution in [0.2, 0.25) is 0 Å². The van der Waals surface area contributed by atoms with Crippen LogP contribution in [-0.4, -0.2) is 18.0 Å². The van der Waals surface area contributed by atoms with Gasteiger partial charge in [0.2, 0.25) is 0 Å². The minimum atomic E-state index is -0.117. The monoisotopic (exact) mass is 254 g/mol. The molecule has 1 atom stereocenters. The number of rotatable bonds is 2. The second-order valence-electron chi connectivity index (χ2n) is 3.41. The molecule has 3 heteroatoms. The molecule has 1 N–H and O–H groups in total. The Bertz CT molecular complexity index is 276. The molecule has 1 aromatic rings. The third-order valence-corrected chi connectivity index (χ3v) is 2.24. The van der Waals surface area contributed by atoms with Gasteiger partial charge < -0.3 is 14.6 Å². The number of ether oxygens (including phenoxy) is 2. The van der Waals surface area contributed by atoms with Gasteiger partial charge in [-0.3, -0.25) is 0 Å². The molecule has 1 heterocycles. The van der Waals surface area contributed by atoms with Crippen LogP contribution in [0.4, 0.5) is 0 Å². The van der Waals surface area contributed by atoms with Crippen molar-refractivity contribution in [3.8, 4) is 11.5 Å². The Morgan fingerprint density at radius 3 is 2.17 bits per heavy atom. The lowest BCUT2D eigenvalue weighted by molar-refractivity contribution is -0.105. The lowest BCUT2D eigenvalue weighted by atomic mass is 10.2. The number of aromatic hydroxyl groups is 1. The molecule has 1 saturated heterocycles. The molecule has 0 aromatic heterocycles. The van der Waals surface area contributed by atoms with E-state index in [4.69, 9.17) is 14.6 Å². The second-order valence-corrected chi connectivity index (χ2v) is 3.41. The van der Waals surface area contributed by atoms with Gasteiger partial charge in [0.1, 0.15) is 11.5 Å². The highest BCUT2D eigenvalue weighted by molar-refractivity contribution is 5.30. The zero-order valence-corrected chi connectivity index (χ0v) is 12.0. The first-order chi connectivity index (χ1) is 8.84. The Hall–Kier alpha value is -1.22. The molecule has 0 bridgehead atoms. The van der Waals surface area contributed by atoms with Gasteiger partial charge in [-0.25, -0.2) is 0 Å². The van der Waals surface area contributed by atoms with E-state index in [9.17, 15) is 0 Å². The molecule has 0 radical (unpaired) electrons. The van der Waals surface area contributed by atoms with Crippen LogP contribution in [0.3, 0.4) is 0 Å². The number of hydrogen-bond acceptors (Lipinski definition) is 3. The van der Waals surface area contributed by atoms with Crippen molar-refractivity contribution in [2.75, 3.05) is 6.61 Å². The molecule has 1 aliphatic heterocycles. The molecule has 0 aliphatic carbocycles. The van der Waals surface area contributed by atoms with Gasteiger partial charge in [0.25, 0.3) is 0 Å². The Kier molecular flexibility index (Phi) is 10.2. The fraction of sp³-hybridized carbons (Fsp3) is 0.600. The van der Waals surface area contributed by atoms with Crippen LogP contribution in [0.25, 0.3) is 0 Å². The number of hydrogen-bond donors (Lipinski definition) is 1. The van der Waals surface area contributed by atoms with Gasteiger partial charge in [-0.1, -0.05) is 27.7 Å². The predicted molar refractivity (Wildman–Crippen MR) is 75.0 cm³/mol. The summed E-state index contributed by atoms with van der Waals surface area (Å²) in [7, 11) is 0. The Balaban J connectivity index is 0.000000659. The molecular weight excluding hydrogens is 228 g/mol.